The third-order valence-corrected chi connectivity index (χ3v) is 3.56. The lowest BCUT2D eigenvalue weighted by atomic mass is 9.82. The topological polar surface area (TPSA) is 32.7 Å². The van der Waals surface area contributed by atoms with Gasteiger partial charge in [0.1, 0.15) is 6.10 Å². The molecule has 1 aliphatic rings. The Kier molecular flexibility index (Phi) is 4.76. The summed E-state index contributed by atoms with van der Waals surface area (Å²) in [5, 5.41) is 11.4. The zero-order valence-corrected chi connectivity index (χ0v) is 11.7. The second kappa shape index (κ2) is 5.51. The van der Waals surface area contributed by atoms with E-state index < -0.39 is 0 Å². The first-order valence-electron chi connectivity index (χ1n) is 6.52. The zero-order valence-electron chi connectivity index (χ0n) is 11.7. The van der Waals surface area contributed by atoms with Crippen molar-refractivity contribution in [2.45, 2.75) is 70.6 Å². The maximum atomic E-state index is 9.33. The first-order valence-corrected chi connectivity index (χ1v) is 6.52. The molecular weight excluding hydrogens is 214 g/mol. The summed E-state index contributed by atoms with van der Waals surface area (Å²) in [4.78, 5) is 6.02. The van der Waals surface area contributed by atoms with Gasteiger partial charge in [0, 0.05) is 11.1 Å². The number of aliphatic hydroxyl groups excluding tert-OH is 1. The Bertz CT molecular complexity index is 245. The molecule has 0 aromatic carbocycles. The molecule has 1 fully saturated rings. The Balaban J connectivity index is 2.78. The summed E-state index contributed by atoms with van der Waals surface area (Å²) in [6.07, 6.45) is 5.78. The molecule has 3 heteroatoms. The molecule has 1 rings (SSSR count). The van der Waals surface area contributed by atoms with Crippen LogP contribution in [0.3, 0.4) is 0 Å². The molecule has 1 aliphatic heterocycles. The number of aliphatic hydroxyl groups is 1. The van der Waals surface area contributed by atoms with Crippen LogP contribution in [0.2, 0.25) is 0 Å². The molecule has 0 spiro atoms. The van der Waals surface area contributed by atoms with E-state index in [1.54, 1.807) is 6.08 Å². The average Bonchev–Trinajstić information content (AvgIpc) is 2.21. The largest absolute Gasteiger partial charge is 0.394 e. The van der Waals surface area contributed by atoms with Gasteiger partial charge in [0.25, 0.3) is 0 Å². The molecular formula is C14H27NO2. The molecule has 0 unspecified atom stereocenters. The highest BCUT2D eigenvalue weighted by Crippen LogP contribution is 2.38. The SMILES string of the molecule is C=CC[C@@H](CO)ON1C(C)(C)CCCC1(C)C. The highest BCUT2D eigenvalue weighted by molar-refractivity contribution is 4.93. The standard InChI is InChI=1S/C14H27NO2/c1-6-8-12(11-16)17-15-13(2,3)9-7-10-14(15,4)5/h6,12,16H,1,7-11H2,2-5H3/t12-/m0/s1. The number of rotatable bonds is 5. The fraction of sp³-hybridized carbons (Fsp3) is 0.857. The molecule has 1 saturated heterocycles. The van der Waals surface area contributed by atoms with Crippen LogP contribution in [-0.4, -0.2) is 34.0 Å². The van der Waals surface area contributed by atoms with Crippen LogP contribution in [0.5, 0.6) is 0 Å². The van der Waals surface area contributed by atoms with Gasteiger partial charge in [-0.05, 0) is 53.4 Å². The van der Waals surface area contributed by atoms with E-state index in [1.807, 2.05) is 0 Å². The fourth-order valence-electron chi connectivity index (χ4n) is 2.75. The molecule has 1 atom stereocenters. The van der Waals surface area contributed by atoms with Gasteiger partial charge in [-0.25, -0.2) is 0 Å². The maximum Gasteiger partial charge on any atom is 0.106 e. The third-order valence-electron chi connectivity index (χ3n) is 3.56. The average molecular weight is 241 g/mol. The Morgan fingerprint density at radius 3 is 2.24 bits per heavy atom. The van der Waals surface area contributed by atoms with Crippen LogP contribution in [0.4, 0.5) is 0 Å². The summed E-state index contributed by atoms with van der Waals surface area (Å²) in [6.45, 7) is 12.6. The Labute approximate surface area is 105 Å². The van der Waals surface area contributed by atoms with E-state index >= 15 is 0 Å². The highest BCUT2D eigenvalue weighted by atomic mass is 16.7. The normalized spacial score (nSPS) is 25.5. The second-order valence-corrected chi connectivity index (χ2v) is 6.21. The van der Waals surface area contributed by atoms with E-state index in [2.05, 4.69) is 39.3 Å². The Morgan fingerprint density at radius 2 is 1.82 bits per heavy atom. The van der Waals surface area contributed by atoms with Gasteiger partial charge in [0.05, 0.1) is 6.61 Å². The van der Waals surface area contributed by atoms with Crippen molar-refractivity contribution in [2.24, 2.45) is 0 Å². The first-order chi connectivity index (χ1) is 7.83. The van der Waals surface area contributed by atoms with Gasteiger partial charge in [0.15, 0.2) is 0 Å². The van der Waals surface area contributed by atoms with E-state index in [4.69, 9.17) is 4.84 Å². The summed E-state index contributed by atoms with van der Waals surface area (Å²) < 4.78 is 0. The molecule has 1 heterocycles. The lowest BCUT2D eigenvalue weighted by molar-refractivity contribution is -0.307. The van der Waals surface area contributed by atoms with E-state index in [1.165, 1.54) is 6.42 Å². The minimum atomic E-state index is -0.177. The summed E-state index contributed by atoms with van der Waals surface area (Å²) >= 11 is 0. The quantitative estimate of drug-likeness (QED) is 0.751. The lowest BCUT2D eigenvalue weighted by Gasteiger charge is -2.52. The van der Waals surface area contributed by atoms with E-state index in [0.717, 1.165) is 12.8 Å². The molecule has 0 aromatic rings. The molecule has 0 aromatic heterocycles. The van der Waals surface area contributed by atoms with Crippen molar-refractivity contribution in [3.05, 3.63) is 12.7 Å². The predicted octanol–water partition coefficient (Wildman–Crippen LogP) is 2.90. The number of hydroxylamine groups is 2. The van der Waals surface area contributed by atoms with Gasteiger partial charge in [-0.3, -0.25) is 4.84 Å². The molecule has 0 radical (unpaired) electrons. The third kappa shape index (κ3) is 3.54. The molecule has 0 aliphatic carbocycles. The van der Waals surface area contributed by atoms with Gasteiger partial charge < -0.3 is 5.11 Å². The van der Waals surface area contributed by atoms with Crippen molar-refractivity contribution in [3.8, 4) is 0 Å². The van der Waals surface area contributed by atoms with Gasteiger partial charge in [0.2, 0.25) is 0 Å². The van der Waals surface area contributed by atoms with Crippen LogP contribution in [0.15, 0.2) is 12.7 Å². The summed E-state index contributed by atoms with van der Waals surface area (Å²) in [6, 6.07) is 0. The zero-order chi connectivity index (χ0) is 13.1. The molecule has 3 nitrogen and oxygen atoms in total. The Morgan fingerprint density at radius 1 is 1.29 bits per heavy atom. The maximum absolute atomic E-state index is 9.33. The minimum absolute atomic E-state index is 0.0241. The summed E-state index contributed by atoms with van der Waals surface area (Å²) in [5.41, 5.74) is 0.0483. The van der Waals surface area contributed by atoms with Crippen molar-refractivity contribution in [1.82, 2.24) is 5.06 Å². The van der Waals surface area contributed by atoms with Crippen molar-refractivity contribution in [1.29, 1.82) is 0 Å². The van der Waals surface area contributed by atoms with Crippen LogP contribution in [0.1, 0.15) is 53.4 Å². The van der Waals surface area contributed by atoms with Crippen LogP contribution >= 0.6 is 0 Å². The van der Waals surface area contributed by atoms with Crippen LogP contribution < -0.4 is 0 Å². The molecule has 1 N–H and O–H groups in total. The molecule has 0 saturated carbocycles. The smallest absolute Gasteiger partial charge is 0.106 e. The van der Waals surface area contributed by atoms with E-state index in [-0.39, 0.29) is 23.8 Å². The van der Waals surface area contributed by atoms with Crippen LogP contribution in [0, 0.1) is 0 Å². The van der Waals surface area contributed by atoms with Crippen molar-refractivity contribution in [2.75, 3.05) is 6.61 Å². The second-order valence-electron chi connectivity index (χ2n) is 6.21. The fourth-order valence-corrected chi connectivity index (χ4v) is 2.75. The minimum Gasteiger partial charge on any atom is -0.394 e. The summed E-state index contributed by atoms with van der Waals surface area (Å²) in [7, 11) is 0. The molecule has 0 amide bonds. The van der Waals surface area contributed by atoms with Crippen LogP contribution in [0.25, 0.3) is 0 Å². The predicted molar refractivity (Wildman–Crippen MR) is 70.6 cm³/mol. The van der Waals surface area contributed by atoms with Crippen molar-refractivity contribution >= 4 is 0 Å². The number of hydrogen-bond donors (Lipinski definition) is 1. The molecule has 0 bridgehead atoms. The van der Waals surface area contributed by atoms with Gasteiger partial charge in [-0.2, -0.15) is 5.06 Å². The lowest BCUT2D eigenvalue weighted by Crippen LogP contribution is -2.59. The Hall–Kier alpha value is -0.380. The van der Waals surface area contributed by atoms with Gasteiger partial charge in [-0.1, -0.05) is 6.08 Å². The number of nitrogens with zero attached hydrogens (tertiary/aromatic N) is 1. The number of hydrogen-bond acceptors (Lipinski definition) is 3. The molecule has 100 valence electrons. The monoisotopic (exact) mass is 241 g/mol. The molecule has 17 heavy (non-hydrogen) atoms. The van der Waals surface area contributed by atoms with Crippen molar-refractivity contribution in [3.63, 3.8) is 0 Å². The van der Waals surface area contributed by atoms with Gasteiger partial charge in [-0.15, -0.1) is 6.58 Å². The van der Waals surface area contributed by atoms with E-state index in [0.29, 0.717) is 6.42 Å². The number of piperidine rings is 1. The van der Waals surface area contributed by atoms with Crippen LogP contribution in [-0.2, 0) is 4.84 Å². The highest BCUT2D eigenvalue weighted by Gasteiger charge is 2.43. The summed E-state index contributed by atoms with van der Waals surface area (Å²) in [5.74, 6) is 0. The van der Waals surface area contributed by atoms with E-state index in [9.17, 15) is 5.11 Å². The first kappa shape index (κ1) is 14.7. The van der Waals surface area contributed by atoms with Crippen molar-refractivity contribution < 1.29 is 9.94 Å². The van der Waals surface area contributed by atoms with Gasteiger partial charge >= 0.3 is 0 Å².